The maximum Gasteiger partial charge on any atom is 0.315 e. The quantitative estimate of drug-likeness (QED) is 0.778. The van der Waals surface area contributed by atoms with Gasteiger partial charge < -0.3 is 20.5 Å². The normalized spacial score (nSPS) is 20.0. The summed E-state index contributed by atoms with van der Waals surface area (Å²) in [5.41, 5.74) is 1.86. The van der Waals surface area contributed by atoms with Crippen molar-refractivity contribution in [3.8, 4) is 0 Å². The monoisotopic (exact) mass is 308 g/mol. The zero-order valence-corrected chi connectivity index (χ0v) is 13.4. The van der Waals surface area contributed by atoms with E-state index >= 15 is 0 Å². The number of aromatic nitrogens is 1. The molecule has 2 heterocycles. The fourth-order valence-corrected chi connectivity index (χ4v) is 2.65. The van der Waals surface area contributed by atoms with Crippen LogP contribution in [0.25, 0.3) is 0 Å². The highest BCUT2D eigenvalue weighted by atomic mass is 16.5. The van der Waals surface area contributed by atoms with Gasteiger partial charge in [0, 0.05) is 18.2 Å². The van der Waals surface area contributed by atoms with Crippen molar-refractivity contribution in [1.82, 2.24) is 21.1 Å². The average Bonchev–Trinajstić information content (AvgIpc) is 2.65. The molecule has 7 heteroatoms. The lowest BCUT2D eigenvalue weighted by Crippen LogP contribution is -2.51. The smallest absolute Gasteiger partial charge is 0.315 e. The number of urea groups is 1. The van der Waals surface area contributed by atoms with Crippen LogP contribution in [0, 0.1) is 13.8 Å². The summed E-state index contributed by atoms with van der Waals surface area (Å²) in [4.78, 5) is 23.8. The highest BCUT2D eigenvalue weighted by Gasteiger charge is 2.23. The van der Waals surface area contributed by atoms with E-state index < -0.39 is 6.04 Å². The van der Waals surface area contributed by atoms with Gasteiger partial charge in [-0.25, -0.2) is 4.79 Å². The Morgan fingerprint density at radius 3 is 2.91 bits per heavy atom. The SMILES string of the molecule is Cc1noc(C)c1C[C@@H](C)NC(=O)N[C@@H]1CCCCNC1=O. The third-order valence-electron chi connectivity index (χ3n) is 3.91. The molecule has 0 aliphatic carbocycles. The predicted octanol–water partition coefficient (Wildman–Crippen LogP) is 1.19. The Kier molecular flexibility index (Phi) is 5.41. The number of rotatable bonds is 4. The molecule has 22 heavy (non-hydrogen) atoms. The van der Waals surface area contributed by atoms with Crippen molar-refractivity contribution >= 4 is 11.9 Å². The molecule has 0 radical (unpaired) electrons. The first-order chi connectivity index (χ1) is 10.5. The molecule has 0 bridgehead atoms. The summed E-state index contributed by atoms with van der Waals surface area (Å²) in [6.45, 7) is 6.34. The molecule has 1 aromatic rings. The molecule has 1 fully saturated rings. The summed E-state index contributed by atoms with van der Waals surface area (Å²) in [7, 11) is 0. The highest BCUT2D eigenvalue weighted by Crippen LogP contribution is 2.14. The maximum atomic E-state index is 12.0. The second kappa shape index (κ2) is 7.29. The molecule has 0 unspecified atom stereocenters. The van der Waals surface area contributed by atoms with E-state index in [4.69, 9.17) is 4.52 Å². The van der Waals surface area contributed by atoms with Gasteiger partial charge in [-0.1, -0.05) is 5.16 Å². The van der Waals surface area contributed by atoms with Crippen LogP contribution >= 0.6 is 0 Å². The molecule has 3 amide bonds. The summed E-state index contributed by atoms with van der Waals surface area (Å²) in [5.74, 6) is 0.667. The average molecular weight is 308 g/mol. The maximum absolute atomic E-state index is 12.0. The molecule has 0 saturated carbocycles. The van der Waals surface area contributed by atoms with Crippen LogP contribution in [0.5, 0.6) is 0 Å². The van der Waals surface area contributed by atoms with Gasteiger partial charge in [-0.15, -0.1) is 0 Å². The lowest BCUT2D eigenvalue weighted by Gasteiger charge is -2.19. The number of aryl methyl sites for hydroxylation is 2. The third-order valence-corrected chi connectivity index (χ3v) is 3.91. The number of amides is 3. The van der Waals surface area contributed by atoms with E-state index in [1.807, 2.05) is 20.8 Å². The molecule has 0 spiro atoms. The Balaban J connectivity index is 1.84. The summed E-state index contributed by atoms with van der Waals surface area (Å²) in [5, 5.41) is 12.3. The largest absolute Gasteiger partial charge is 0.361 e. The molecule has 0 aromatic carbocycles. The minimum absolute atomic E-state index is 0.0781. The number of hydrogen-bond donors (Lipinski definition) is 3. The van der Waals surface area contributed by atoms with Crippen molar-refractivity contribution in [3.05, 3.63) is 17.0 Å². The molecule has 2 rings (SSSR count). The van der Waals surface area contributed by atoms with Crippen LogP contribution in [0.15, 0.2) is 4.52 Å². The number of nitrogens with zero attached hydrogens (tertiary/aromatic N) is 1. The minimum atomic E-state index is -0.450. The van der Waals surface area contributed by atoms with Crippen LogP contribution in [0.3, 0.4) is 0 Å². The summed E-state index contributed by atoms with van der Waals surface area (Å²) in [6.07, 6.45) is 3.20. The van der Waals surface area contributed by atoms with E-state index in [9.17, 15) is 9.59 Å². The third kappa shape index (κ3) is 4.22. The Morgan fingerprint density at radius 2 is 2.23 bits per heavy atom. The first-order valence-corrected chi connectivity index (χ1v) is 7.74. The Bertz CT molecular complexity index is 521. The van der Waals surface area contributed by atoms with Crippen molar-refractivity contribution < 1.29 is 14.1 Å². The molecule has 2 atom stereocenters. The van der Waals surface area contributed by atoms with Gasteiger partial charge in [0.25, 0.3) is 0 Å². The summed E-state index contributed by atoms with van der Waals surface area (Å²) < 4.78 is 5.12. The molecule has 1 aromatic heterocycles. The summed E-state index contributed by atoms with van der Waals surface area (Å²) >= 11 is 0. The van der Waals surface area contributed by atoms with Gasteiger partial charge in [-0.3, -0.25) is 4.79 Å². The van der Waals surface area contributed by atoms with Crippen LogP contribution in [-0.2, 0) is 11.2 Å². The molecule has 122 valence electrons. The first-order valence-electron chi connectivity index (χ1n) is 7.74. The van der Waals surface area contributed by atoms with E-state index in [0.717, 1.165) is 29.9 Å². The molecule has 1 aliphatic heterocycles. The standard InChI is InChI=1S/C15H24N4O3/c1-9(8-12-10(2)19-22-11(12)3)17-15(21)18-13-6-4-5-7-16-14(13)20/h9,13H,4-8H2,1-3H3,(H,16,20)(H2,17,18,21)/t9-,13-/m1/s1. The predicted molar refractivity (Wildman–Crippen MR) is 81.5 cm³/mol. The van der Waals surface area contributed by atoms with Gasteiger partial charge in [0.15, 0.2) is 0 Å². The number of carbonyl (C=O) groups excluding carboxylic acids is 2. The van der Waals surface area contributed by atoms with Gasteiger partial charge in [0.1, 0.15) is 11.8 Å². The summed E-state index contributed by atoms with van der Waals surface area (Å²) in [6, 6.07) is -0.847. The molecule has 7 nitrogen and oxygen atoms in total. The van der Waals surface area contributed by atoms with E-state index in [-0.39, 0.29) is 18.0 Å². The second-order valence-electron chi connectivity index (χ2n) is 5.87. The van der Waals surface area contributed by atoms with Gasteiger partial charge in [-0.2, -0.15) is 0 Å². The van der Waals surface area contributed by atoms with E-state index in [0.29, 0.717) is 19.4 Å². The van der Waals surface area contributed by atoms with E-state index in [2.05, 4.69) is 21.1 Å². The van der Waals surface area contributed by atoms with Crippen molar-refractivity contribution in [3.63, 3.8) is 0 Å². The zero-order valence-electron chi connectivity index (χ0n) is 13.4. The van der Waals surface area contributed by atoms with Gasteiger partial charge >= 0.3 is 6.03 Å². The zero-order chi connectivity index (χ0) is 16.1. The van der Waals surface area contributed by atoms with Crippen molar-refractivity contribution in [1.29, 1.82) is 0 Å². The van der Waals surface area contributed by atoms with Crippen molar-refractivity contribution in [2.75, 3.05) is 6.54 Å². The van der Waals surface area contributed by atoms with Crippen LogP contribution in [0.1, 0.15) is 43.2 Å². The fraction of sp³-hybridized carbons (Fsp3) is 0.667. The number of hydrogen-bond acceptors (Lipinski definition) is 4. The minimum Gasteiger partial charge on any atom is -0.361 e. The van der Waals surface area contributed by atoms with E-state index in [1.165, 1.54) is 0 Å². The molecule has 3 N–H and O–H groups in total. The highest BCUT2D eigenvalue weighted by molar-refractivity contribution is 5.87. The molecule has 1 aliphatic rings. The van der Waals surface area contributed by atoms with Crippen molar-refractivity contribution in [2.45, 2.75) is 58.5 Å². The van der Waals surface area contributed by atoms with E-state index in [1.54, 1.807) is 0 Å². The second-order valence-corrected chi connectivity index (χ2v) is 5.87. The van der Waals surface area contributed by atoms with Crippen LogP contribution in [-0.4, -0.2) is 35.7 Å². The topological polar surface area (TPSA) is 96.3 Å². The van der Waals surface area contributed by atoms with Crippen LogP contribution < -0.4 is 16.0 Å². The molecule has 1 saturated heterocycles. The van der Waals surface area contributed by atoms with Crippen molar-refractivity contribution in [2.24, 2.45) is 0 Å². The Morgan fingerprint density at radius 1 is 1.45 bits per heavy atom. The Hall–Kier alpha value is -2.05. The molecular weight excluding hydrogens is 284 g/mol. The molecular formula is C15H24N4O3. The Labute approximate surface area is 130 Å². The van der Waals surface area contributed by atoms with Gasteiger partial charge in [0.2, 0.25) is 5.91 Å². The lowest BCUT2D eigenvalue weighted by atomic mass is 10.1. The van der Waals surface area contributed by atoms with Crippen LogP contribution in [0.4, 0.5) is 4.79 Å². The number of nitrogens with one attached hydrogen (secondary N) is 3. The van der Waals surface area contributed by atoms with Gasteiger partial charge in [-0.05, 0) is 46.5 Å². The van der Waals surface area contributed by atoms with Gasteiger partial charge in [0.05, 0.1) is 5.69 Å². The first kappa shape index (κ1) is 16.3. The number of carbonyl (C=O) groups is 2. The fourth-order valence-electron chi connectivity index (χ4n) is 2.65. The lowest BCUT2D eigenvalue weighted by molar-refractivity contribution is -0.122. The van der Waals surface area contributed by atoms with Crippen LogP contribution in [0.2, 0.25) is 0 Å².